The van der Waals surface area contributed by atoms with Gasteiger partial charge >= 0.3 is 0 Å². The van der Waals surface area contributed by atoms with E-state index in [0.29, 0.717) is 19.7 Å². The lowest BCUT2D eigenvalue weighted by atomic mass is 10.1. The summed E-state index contributed by atoms with van der Waals surface area (Å²) < 4.78 is 5.14. The van der Waals surface area contributed by atoms with Crippen molar-refractivity contribution in [2.45, 2.75) is 20.3 Å². The van der Waals surface area contributed by atoms with Gasteiger partial charge in [-0.1, -0.05) is 30.3 Å². The van der Waals surface area contributed by atoms with Crippen LogP contribution in [0.2, 0.25) is 0 Å². The fourth-order valence-electron chi connectivity index (χ4n) is 3.33. The van der Waals surface area contributed by atoms with Crippen molar-refractivity contribution in [3.8, 4) is 0 Å². The highest BCUT2D eigenvalue weighted by atomic mass is 16.5. The van der Waals surface area contributed by atoms with Crippen LogP contribution in [0, 0.1) is 13.8 Å². The number of benzene rings is 2. The molecule has 7 heteroatoms. The van der Waals surface area contributed by atoms with E-state index < -0.39 is 0 Å². The monoisotopic (exact) mass is 440 g/mol. The Kier molecular flexibility index (Phi) is 10.7. The standard InChI is InChI=1S/C25H36N4O3/c1-20-10-8-13-23(21(20)2)27-25(31)19-29(16-17-32-4)18-24(30)26-14-9-15-28(3)22-11-6-5-7-12-22/h5-8,10-13H,9,14-19H2,1-4H3,(H,26,30)(H,27,31). The van der Waals surface area contributed by atoms with Crippen molar-refractivity contribution in [1.82, 2.24) is 10.2 Å². The zero-order chi connectivity index (χ0) is 23.3. The predicted molar refractivity (Wildman–Crippen MR) is 130 cm³/mol. The maximum absolute atomic E-state index is 12.6. The van der Waals surface area contributed by atoms with Gasteiger partial charge in [0.25, 0.3) is 0 Å². The fourth-order valence-corrected chi connectivity index (χ4v) is 3.33. The lowest BCUT2D eigenvalue weighted by Crippen LogP contribution is -2.43. The summed E-state index contributed by atoms with van der Waals surface area (Å²) in [6.45, 7) is 6.65. The average Bonchev–Trinajstić information content (AvgIpc) is 2.78. The molecule has 0 aliphatic carbocycles. The van der Waals surface area contributed by atoms with E-state index >= 15 is 0 Å². The van der Waals surface area contributed by atoms with Crippen LogP contribution in [0.25, 0.3) is 0 Å². The number of methoxy groups -OCH3 is 1. The summed E-state index contributed by atoms with van der Waals surface area (Å²) in [5.41, 5.74) is 4.12. The van der Waals surface area contributed by atoms with Crippen LogP contribution in [0.15, 0.2) is 48.5 Å². The van der Waals surface area contributed by atoms with Gasteiger partial charge in [-0.25, -0.2) is 0 Å². The van der Waals surface area contributed by atoms with E-state index in [2.05, 4.69) is 27.7 Å². The molecule has 2 N–H and O–H groups in total. The van der Waals surface area contributed by atoms with Gasteiger partial charge in [-0.3, -0.25) is 14.5 Å². The van der Waals surface area contributed by atoms with Crippen LogP contribution in [0.1, 0.15) is 17.5 Å². The Morgan fingerprint density at radius 2 is 1.66 bits per heavy atom. The quantitative estimate of drug-likeness (QED) is 0.469. The molecule has 0 heterocycles. The number of carbonyl (C=O) groups is 2. The number of para-hydroxylation sites is 1. The van der Waals surface area contributed by atoms with Crippen LogP contribution in [-0.4, -0.2) is 70.2 Å². The van der Waals surface area contributed by atoms with E-state index in [0.717, 1.165) is 35.5 Å². The van der Waals surface area contributed by atoms with Crippen molar-refractivity contribution in [2.24, 2.45) is 0 Å². The molecule has 0 unspecified atom stereocenters. The van der Waals surface area contributed by atoms with E-state index in [1.807, 2.05) is 57.3 Å². The SMILES string of the molecule is COCCN(CC(=O)NCCCN(C)c1ccccc1)CC(=O)Nc1cccc(C)c1C. The van der Waals surface area contributed by atoms with Gasteiger partial charge in [0.2, 0.25) is 11.8 Å². The van der Waals surface area contributed by atoms with Crippen LogP contribution in [-0.2, 0) is 14.3 Å². The van der Waals surface area contributed by atoms with Gasteiger partial charge in [-0.2, -0.15) is 0 Å². The molecule has 0 saturated heterocycles. The van der Waals surface area contributed by atoms with E-state index in [4.69, 9.17) is 4.74 Å². The maximum atomic E-state index is 12.6. The number of nitrogens with zero attached hydrogens (tertiary/aromatic N) is 2. The van der Waals surface area contributed by atoms with Crippen LogP contribution < -0.4 is 15.5 Å². The summed E-state index contributed by atoms with van der Waals surface area (Å²) in [5.74, 6) is -0.241. The summed E-state index contributed by atoms with van der Waals surface area (Å²) in [7, 11) is 3.65. The van der Waals surface area contributed by atoms with Gasteiger partial charge in [0, 0.05) is 45.2 Å². The van der Waals surface area contributed by atoms with Gasteiger partial charge in [0.05, 0.1) is 19.7 Å². The first-order chi connectivity index (χ1) is 15.4. The van der Waals surface area contributed by atoms with Crippen molar-refractivity contribution in [3.63, 3.8) is 0 Å². The second-order valence-corrected chi connectivity index (χ2v) is 7.96. The summed E-state index contributed by atoms with van der Waals surface area (Å²) >= 11 is 0. The number of hydrogen-bond donors (Lipinski definition) is 2. The predicted octanol–water partition coefficient (Wildman–Crippen LogP) is 2.83. The number of anilines is 2. The fraction of sp³-hybridized carbons (Fsp3) is 0.440. The summed E-state index contributed by atoms with van der Waals surface area (Å²) in [6.07, 6.45) is 0.836. The molecule has 0 bridgehead atoms. The Labute approximate surface area is 191 Å². The minimum atomic E-state index is -0.146. The van der Waals surface area contributed by atoms with E-state index in [-0.39, 0.29) is 24.9 Å². The molecule has 0 atom stereocenters. The zero-order valence-corrected chi connectivity index (χ0v) is 19.7. The molecule has 2 aromatic rings. The Morgan fingerprint density at radius 1 is 0.938 bits per heavy atom. The smallest absolute Gasteiger partial charge is 0.238 e. The number of carbonyl (C=O) groups excluding carboxylic acids is 2. The van der Waals surface area contributed by atoms with Gasteiger partial charge in [-0.15, -0.1) is 0 Å². The van der Waals surface area contributed by atoms with Gasteiger partial charge in [0.1, 0.15) is 0 Å². The first-order valence-electron chi connectivity index (χ1n) is 11.0. The van der Waals surface area contributed by atoms with Crippen molar-refractivity contribution < 1.29 is 14.3 Å². The molecule has 32 heavy (non-hydrogen) atoms. The van der Waals surface area contributed by atoms with Crippen LogP contribution in [0.3, 0.4) is 0 Å². The number of ether oxygens (including phenoxy) is 1. The molecule has 0 aliphatic heterocycles. The highest BCUT2D eigenvalue weighted by Crippen LogP contribution is 2.17. The molecule has 7 nitrogen and oxygen atoms in total. The van der Waals surface area contributed by atoms with Crippen LogP contribution in [0.5, 0.6) is 0 Å². The minimum absolute atomic E-state index is 0.0944. The molecular formula is C25H36N4O3. The van der Waals surface area contributed by atoms with Crippen molar-refractivity contribution >= 4 is 23.2 Å². The summed E-state index contributed by atoms with van der Waals surface area (Å²) in [5, 5.41) is 5.91. The topological polar surface area (TPSA) is 73.9 Å². The Bertz CT molecular complexity index is 858. The van der Waals surface area contributed by atoms with Crippen molar-refractivity contribution in [2.75, 3.05) is 63.7 Å². The molecule has 0 spiro atoms. The molecule has 0 aliphatic rings. The molecule has 2 amide bonds. The molecule has 0 radical (unpaired) electrons. The third-order valence-corrected chi connectivity index (χ3v) is 5.41. The lowest BCUT2D eigenvalue weighted by molar-refractivity contribution is -0.123. The minimum Gasteiger partial charge on any atom is -0.383 e. The van der Waals surface area contributed by atoms with E-state index in [9.17, 15) is 9.59 Å². The Morgan fingerprint density at radius 3 is 2.38 bits per heavy atom. The maximum Gasteiger partial charge on any atom is 0.238 e. The molecular weight excluding hydrogens is 404 g/mol. The molecule has 174 valence electrons. The number of hydrogen-bond acceptors (Lipinski definition) is 5. The van der Waals surface area contributed by atoms with Gasteiger partial charge in [0.15, 0.2) is 0 Å². The molecule has 0 saturated carbocycles. The second-order valence-electron chi connectivity index (χ2n) is 7.96. The number of amides is 2. The third-order valence-electron chi connectivity index (χ3n) is 5.41. The second kappa shape index (κ2) is 13.5. The molecule has 2 rings (SSSR count). The molecule has 2 aromatic carbocycles. The number of aryl methyl sites for hydroxylation is 1. The zero-order valence-electron chi connectivity index (χ0n) is 19.7. The summed E-state index contributed by atoms with van der Waals surface area (Å²) in [6, 6.07) is 16.0. The van der Waals surface area contributed by atoms with Crippen molar-refractivity contribution in [3.05, 3.63) is 59.7 Å². The van der Waals surface area contributed by atoms with Crippen LogP contribution in [0.4, 0.5) is 11.4 Å². The normalized spacial score (nSPS) is 10.8. The van der Waals surface area contributed by atoms with E-state index in [1.165, 1.54) is 0 Å². The highest BCUT2D eigenvalue weighted by Gasteiger charge is 2.15. The first kappa shape index (κ1) is 25.4. The van der Waals surface area contributed by atoms with Crippen molar-refractivity contribution in [1.29, 1.82) is 0 Å². The number of rotatable bonds is 13. The molecule has 0 fully saturated rings. The summed E-state index contributed by atoms with van der Waals surface area (Å²) in [4.78, 5) is 29.0. The average molecular weight is 441 g/mol. The van der Waals surface area contributed by atoms with E-state index in [1.54, 1.807) is 12.0 Å². The van der Waals surface area contributed by atoms with Gasteiger partial charge in [-0.05, 0) is 49.6 Å². The number of nitrogens with one attached hydrogen (secondary N) is 2. The van der Waals surface area contributed by atoms with Crippen LogP contribution >= 0.6 is 0 Å². The molecule has 0 aromatic heterocycles. The van der Waals surface area contributed by atoms with Gasteiger partial charge < -0.3 is 20.3 Å². The Hall–Kier alpha value is -2.90. The largest absolute Gasteiger partial charge is 0.383 e. The first-order valence-corrected chi connectivity index (χ1v) is 11.0. The lowest BCUT2D eigenvalue weighted by Gasteiger charge is -2.22. The highest BCUT2D eigenvalue weighted by molar-refractivity contribution is 5.93. The third kappa shape index (κ3) is 8.69. The Balaban J connectivity index is 1.78.